The van der Waals surface area contributed by atoms with Crippen LogP contribution in [-0.4, -0.2) is 33.7 Å². The van der Waals surface area contributed by atoms with Crippen LogP contribution in [0, 0.1) is 11.6 Å². The smallest absolute Gasteiger partial charge is 0.144 e. The number of halogens is 3. The second-order valence-electron chi connectivity index (χ2n) is 3.95. The molecule has 1 aromatic carbocycles. The first-order valence-corrected chi connectivity index (χ1v) is 7.55. The van der Waals surface area contributed by atoms with Crippen molar-refractivity contribution in [3.05, 3.63) is 33.8 Å². The van der Waals surface area contributed by atoms with Crippen molar-refractivity contribution in [2.75, 3.05) is 24.6 Å². The Bertz CT molecular complexity index is 445. The summed E-state index contributed by atoms with van der Waals surface area (Å²) in [6.07, 6.45) is 0. The lowest BCUT2D eigenvalue weighted by molar-refractivity contribution is 0.281. The molecule has 1 saturated heterocycles. The van der Waals surface area contributed by atoms with Crippen LogP contribution >= 0.6 is 15.9 Å². The topological polar surface area (TPSA) is 20.3 Å². The van der Waals surface area contributed by atoms with Crippen molar-refractivity contribution in [2.45, 2.75) is 6.54 Å². The number of rotatable bonds is 2. The summed E-state index contributed by atoms with van der Waals surface area (Å²) in [5.41, 5.74) is 0.0760. The van der Waals surface area contributed by atoms with Gasteiger partial charge in [-0.1, -0.05) is 0 Å². The molecule has 0 unspecified atom stereocenters. The molecule has 0 aromatic heterocycles. The van der Waals surface area contributed by atoms with Gasteiger partial charge in [0, 0.05) is 47.5 Å². The Morgan fingerprint density at radius 2 is 1.94 bits per heavy atom. The average Bonchev–Trinajstić information content (AvgIpc) is 2.32. The summed E-state index contributed by atoms with van der Waals surface area (Å²) in [5.74, 6) is 0.0863. The van der Waals surface area contributed by atoms with Gasteiger partial charge >= 0.3 is 0 Å². The first-order valence-electron chi connectivity index (χ1n) is 5.27. The molecule has 6 heteroatoms. The molecule has 0 bridgehead atoms. The highest BCUT2D eigenvalue weighted by Crippen LogP contribution is 2.23. The molecule has 1 fully saturated rings. The highest BCUT2D eigenvalue weighted by molar-refractivity contribution is 9.10. The van der Waals surface area contributed by atoms with Gasteiger partial charge in [0.1, 0.15) is 11.6 Å². The Kier molecular flexibility index (Phi) is 4.27. The zero-order chi connectivity index (χ0) is 12.4. The van der Waals surface area contributed by atoms with Gasteiger partial charge in [-0.2, -0.15) is 0 Å². The summed E-state index contributed by atoms with van der Waals surface area (Å²) in [6.45, 7) is 1.48. The Labute approximate surface area is 110 Å². The van der Waals surface area contributed by atoms with Crippen molar-refractivity contribution in [3.8, 4) is 0 Å². The van der Waals surface area contributed by atoms with E-state index in [0.717, 1.165) is 0 Å². The molecule has 1 heterocycles. The Hall–Kier alpha value is -0.330. The molecular weight excluding hydrogens is 312 g/mol. The van der Waals surface area contributed by atoms with Crippen molar-refractivity contribution in [3.63, 3.8) is 0 Å². The van der Waals surface area contributed by atoms with Gasteiger partial charge in [0.15, 0.2) is 0 Å². The van der Waals surface area contributed by atoms with E-state index in [1.807, 2.05) is 4.90 Å². The number of nitrogens with zero attached hydrogens (tertiary/aromatic N) is 1. The normalized spacial score (nSPS) is 18.5. The second-order valence-corrected chi connectivity index (χ2v) is 6.50. The zero-order valence-electron chi connectivity index (χ0n) is 9.09. The zero-order valence-corrected chi connectivity index (χ0v) is 11.5. The number of benzene rings is 1. The van der Waals surface area contributed by atoms with E-state index in [4.69, 9.17) is 0 Å². The third-order valence-electron chi connectivity index (χ3n) is 2.79. The first-order chi connectivity index (χ1) is 8.08. The van der Waals surface area contributed by atoms with Crippen LogP contribution in [0.25, 0.3) is 0 Å². The van der Waals surface area contributed by atoms with Gasteiger partial charge in [0.05, 0.1) is 4.47 Å². The molecule has 0 radical (unpaired) electrons. The fourth-order valence-corrected chi connectivity index (χ4v) is 3.27. The van der Waals surface area contributed by atoms with Gasteiger partial charge in [-0.15, -0.1) is 0 Å². The summed E-state index contributed by atoms with van der Waals surface area (Å²) in [5, 5.41) is 0. The monoisotopic (exact) mass is 323 g/mol. The van der Waals surface area contributed by atoms with Crippen LogP contribution in [0.5, 0.6) is 0 Å². The van der Waals surface area contributed by atoms with Crippen LogP contribution in [0.3, 0.4) is 0 Å². The summed E-state index contributed by atoms with van der Waals surface area (Å²) >= 11 is 3.05. The highest BCUT2D eigenvalue weighted by atomic mass is 79.9. The Morgan fingerprint density at radius 1 is 1.29 bits per heavy atom. The maximum absolute atomic E-state index is 13.7. The largest absolute Gasteiger partial charge is 0.297 e. The van der Waals surface area contributed by atoms with Crippen LogP contribution in [-0.2, 0) is 17.3 Å². The molecule has 94 valence electrons. The number of hydrogen-bond acceptors (Lipinski definition) is 2. The van der Waals surface area contributed by atoms with Gasteiger partial charge in [-0.05, 0) is 28.1 Å². The van der Waals surface area contributed by atoms with E-state index in [1.54, 1.807) is 0 Å². The van der Waals surface area contributed by atoms with Gasteiger partial charge in [-0.25, -0.2) is 8.78 Å². The van der Waals surface area contributed by atoms with Crippen LogP contribution in [0.15, 0.2) is 16.6 Å². The lowest BCUT2D eigenvalue weighted by atomic mass is 10.2. The van der Waals surface area contributed by atoms with E-state index in [1.165, 1.54) is 12.1 Å². The van der Waals surface area contributed by atoms with Crippen LogP contribution in [0.1, 0.15) is 5.56 Å². The van der Waals surface area contributed by atoms with Crippen molar-refractivity contribution < 1.29 is 13.0 Å². The third-order valence-corrected chi connectivity index (χ3v) is 4.68. The highest BCUT2D eigenvalue weighted by Gasteiger charge is 2.19. The molecular formula is C11H12BrF2NOS. The molecule has 17 heavy (non-hydrogen) atoms. The van der Waals surface area contributed by atoms with Crippen LogP contribution in [0.2, 0.25) is 0 Å². The summed E-state index contributed by atoms with van der Waals surface area (Å²) < 4.78 is 38.7. The molecule has 0 amide bonds. The lowest BCUT2D eigenvalue weighted by Crippen LogP contribution is -2.37. The number of hydrogen-bond donors (Lipinski definition) is 0. The second kappa shape index (κ2) is 5.54. The van der Waals surface area contributed by atoms with Gasteiger partial charge in [0.25, 0.3) is 0 Å². The molecule has 0 atom stereocenters. The maximum atomic E-state index is 13.7. The lowest BCUT2D eigenvalue weighted by Gasteiger charge is -2.26. The molecule has 0 spiro atoms. The van der Waals surface area contributed by atoms with E-state index in [0.29, 0.717) is 24.6 Å². The van der Waals surface area contributed by atoms with Crippen molar-refractivity contribution in [1.82, 2.24) is 4.90 Å². The summed E-state index contributed by atoms with van der Waals surface area (Å²) in [7, 11) is -0.772. The standard InChI is InChI=1S/C11H12BrF2NOS/c12-9-1-2-10(13)8(11(9)14)7-15-3-5-17(16)6-4-15/h1-2H,3-7H2. The predicted molar refractivity (Wildman–Crippen MR) is 67.2 cm³/mol. The first kappa shape index (κ1) is 13.1. The minimum absolute atomic E-state index is 0.0760. The van der Waals surface area contributed by atoms with Gasteiger partial charge in [0.2, 0.25) is 0 Å². The van der Waals surface area contributed by atoms with E-state index >= 15 is 0 Å². The average molecular weight is 324 g/mol. The summed E-state index contributed by atoms with van der Waals surface area (Å²) in [4.78, 5) is 1.93. The quantitative estimate of drug-likeness (QED) is 0.778. The van der Waals surface area contributed by atoms with E-state index < -0.39 is 22.4 Å². The van der Waals surface area contributed by atoms with Crippen molar-refractivity contribution >= 4 is 26.7 Å². The third kappa shape index (κ3) is 3.11. The fourth-order valence-electron chi connectivity index (χ4n) is 1.77. The molecule has 1 aliphatic rings. The molecule has 2 rings (SSSR count). The SMILES string of the molecule is O=S1CCN(Cc2c(F)ccc(Br)c2F)CC1. The van der Waals surface area contributed by atoms with Crippen molar-refractivity contribution in [2.24, 2.45) is 0 Å². The van der Waals surface area contributed by atoms with Crippen LogP contribution < -0.4 is 0 Å². The minimum Gasteiger partial charge on any atom is -0.297 e. The predicted octanol–water partition coefficient (Wildman–Crippen LogP) is 2.29. The van der Waals surface area contributed by atoms with E-state index in [9.17, 15) is 13.0 Å². The Morgan fingerprint density at radius 3 is 2.59 bits per heavy atom. The molecule has 1 aromatic rings. The molecule has 0 saturated carbocycles. The van der Waals surface area contributed by atoms with Crippen molar-refractivity contribution in [1.29, 1.82) is 0 Å². The Balaban J connectivity index is 2.13. The van der Waals surface area contributed by atoms with E-state index in [2.05, 4.69) is 15.9 Å². The summed E-state index contributed by atoms with van der Waals surface area (Å²) in [6, 6.07) is 2.62. The molecule has 1 aliphatic heterocycles. The van der Waals surface area contributed by atoms with E-state index in [-0.39, 0.29) is 16.6 Å². The molecule has 2 nitrogen and oxygen atoms in total. The van der Waals surface area contributed by atoms with Crippen LogP contribution in [0.4, 0.5) is 8.78 Å². The fraction of sp³-hybridized carbons (Fsp3) is 0.455. The van der Waals surface area contributed by atoms with Gasteiger partial charge in [-0.3, -0.25) is 9.11 Å². The minimum atomic E-state index is -0.772. The van der Waals surface area contributed by atoms with Gasteiger partial charge < -0.3 is 0 Å². The maximum Gasteiger partial charge on any atom is 0.144 e. The molecule has 0 N–H and O–H groups in total. The molecule has 0 aliphatic carbocycles.